The number of fused-ring (bicyclic) bond motifs is 1. The van der Waals surface area contributed by atoms with Crippen molar-refractivity contribution in [3.63, 3.8) is 0 Å². The zero-order valence-electron chi connectivity index (χ0n) is 23.4. The van der Waals surface area contributed by atoms with E-state index in [-0.39, 0.29) is 24.8 Å². The Morgan fingerprint density at radius 1 is 1.25 bits per heavy atom. The molecule has 4 rings (SSSR count). The number of carbonyl (C=O) groups is 3. The molecule has 1 aromatic carbocycles. The molecule has 0 saturated carbocycles. The summed E-state index contributed by atoms with van der Waals surface area (Å²) in [5.41, 5.74) is 4.07. The van der Waals surface area contributed by atoms with Crippen LogP contribution in [0.1, 0.15) is 55.5 Å². The van der Waals surface area contributed by atoms with Crippen molar-refractivity contribution in [1.29, 1.82) is 0 Å². The number of carbonyl (C=O) groups excluding carboxylic acids is 3. The minimum atomic E-state index is -0.841. The van der Waals surface area contributed by atoms with Crippen molar-refractivity contribution >= 4 is 40.5 Å². The highest BCUT2D eigenvalue weighted by Crippen LogP contribution is 2.30. The molecule has 0 spiro atoms. The first-order valence-corrected chi connectivity index (χ1v) is 14.5. The fourth-order valence-corrected chi connectivity index (χ4v) is 6.00. The van der Waals surface area contributed by atoms with Gasteiger partial charge in [-0.05, 0) is 41.9 Å². The number of hydrogen-bond acceptors (Lipinski definition) is 8. The number of thiazole rings is 1. The molecule has 1 aromatic heterocycles. The highest BCUT2D eigenvalue weighted by atomic mass is 32.1. The van der Waals surface area contributed by atoms with E-state index in [1.165, 1.54) is 23.3 Å². The second-order valence-corrected chi connectivity index (χ2v) is 11.4. The molecular formula is C30H38N4O5S. The van der Waals surface area contributed by atoms with Crippen molar-refractivity contribution in [2.45, 2.75) is 70.8 Å². The Morgan fingerprint density at radius 2 is 2.05 bits per heavy atom. The second kappa shape index (κ2) is 13.1. The fourth-order valence-electron chi connectivity index (χ4n) is 5.21. The van der Waals surface area contributed by atoms with Gasteiger partial charge in [0.1, 0.15) is 18.2 Å². The van der Waals surface area contributed by atoms with Crippen LogP contribution >= 0.6 is 11.3 Å². The van der Waals surface area contributed by atoms with E-state index < -0.39 is 30.3 Å². The van der Waals surface area contributed by atoms with Gasteiger partial charge < -0.3 is 19.7 Å². The highest BCUT2D eigenvalue weighted by Gasteiger charge is 2.45. The van der Waals surface area contributed by atoms with Crippen LogP contribution in [0.4, 0.5) is 9.93 Å². The van der Waals surface area contributed by atoms with Gasteiger partial charge in [0.05, 0.1) is 25.9 Å². The number of aromatic nitrogens is 1. The summed E-state index contributed by atoms with van der Waals surface area (Å²) in [5.74, 6) is -0.864. The van der Waals surface area contributed by atoms with Gasteiger partial charge in [-0.3, -0.25) is 9.69 Å². The molecule has 0 bridgehead atoms. The van der Waals surface area contributed by atoms with Crippen LogP contribution in [-0.4, -0.2) is 64.6 Å². The summed E-state index contributed by atoms with van der Waals surface area (Å²) in [4.78, 5) is 47.4. The number of likely N-dealkylation sites (tertiary alicyclic amines) is 1. The number of aryl methyl sites for hydroxylation is 1. The number of methoxy groups -OCH3 is 1. The first-order valence-electron chi connectivity index (χ1n) is 13.6. The quantitative estimate of drug-likeness (QED) is 0.231. The summed E-state index contributed by atoms with van der Waals surface area (Å²) >= 11 is 1.45. The van der Waals surface area contributed by atoms with Crippen LogP contribution in [-0.2, 0) is 38.6 Å². The van der Waals surface area contributed by atoms with Gasteiger partial charge in [-0.1, -0.05) is 50.8 Å². The molecular weight excluding hydrogens is 528 g/mol. The van der Waals surface area contributed by atoms with Crippen LogP contribution in [0.5, 0.6) is 0 Å². The molecule has 3 atom stereocenters. The molecule has 1 fully saturated rings. The molecule has 214 valence electrons. The molecule has 2 aliphatic rings. The van der Waals surface area contributed by atoms with Crippen molar-refractivity contribution in [2.24, 2.45) is 5.92 Å². The number of nitrogens with one attached hydrogen (secondary N) is 1. The third kappa shape index (κ3) is 6.55. The molecule has 2 aliphatic heterocycles. The number of allylic oxidation sites excluding steroid dienone is 1. The van der Waals surface area contributed by atoms with E-state index in [1.54, 1.807) is 11.0 Å². The van der Waals surface area contributed by atoms with Gasteiger partial charge in [0.2, 0.25) is 5.91 Å². The van der Waals surface area contributed by atoms with Crippen LogP contribution in [0.3, 0.4) is 0 Å². The monoisotopic (exact) mass is 566 g/mol. The molecule has 1 N–H and O–H groups in total. The molecule has 9 nitrogen and oxygen atoms in total. The van der Waals surface area contributed by atoms with Crippen molar-refractivity contribution < 1.29 is 23.9 Å². The second-order valence-electron chi connectivity index (χ2n) is 10.5. The third-order valence-electron chi connectivity index (χ3n) is 7.39. The molecule has 0 radical (unpaired) electrons. The van der Waals surface area contributed by atoms with Gasteiger partial charge in [0.25, 0.3) is 0 Å². The molecule has 40 heavy (non-hydrogen) atoms. The normalized spacial score (nSPS) is 18.8. The molecule has 1 saturated heterocycles. The van der Waals surface area contributed by atoms with Gasteiger partial charge in [-0.2, -0.15) is 0 Å². The molecule has 2 aromatic rings. The van der Waals surface area contributed by atoms with E-state index in [1.807, 2.05) is 43.5 Å². The van der Waals surface area contributed by atoms with Crippen molar-refractivity contribution in [1.82, 2.24) is 14.8 Å². The minimum Gasteiger partial charge on any atom is -0.467 e. The molecule has 10 heteroatoms. The topological polar surface area (TPSA) is 101 Å². The summed E-state index contributed by atoms with van der Waals surface area (Å²) in [5, 5.41) is 5.93. The smallest absolute Gasteiger partial charge is 0.410 e. The minimum absolute atomic E-state index is 0.0809. The average Bonchev–Trinajstić information content (AvgIpc) is 3.69. The number of rotatable bonds is 11. The lowest BCUT2D eigenvalue weighted by Crippen LogP contribution is -2.50. The number of benzene rings is 1. The molecule has 2 amide bonds. The molecule has 0 aliphatic carbocycles. The van der Waals surface area contributed by atoms with Crippen LogP contribution in [0.25, 0.3) is 6.08 Å². The van der Waals surface area contributed by atoms with Crippen molar-refractivity contribution in [3.05, 3.63) is 65.2 Å². The predicted octanol–water partition coefficient (Wildman–Crippen LogP) is 5.03. The van der Waals surface area contributed by atoms with Gasteiger partial charge in [0, 0.05) is 18.3 Å². The van der Waals surface area contributed by atoms with E-state index in [2.05, 4.69) is 23.5 Å². The fraction of sp³-hybridized carbons (Fsp3) is 0.467. The summed E-state index contributed by atoms with van der Waals surface area (Å²) < 4.78 is 10.8. The first kappa shape index (κ1) is 29.3. The lowest BCUT2D eigenvalue weighted by molar-refractivity contribution is -0.151. The summed E-state index contributed by atoms with van der Waals surface area (Å²) in [6.07, 6.45) is 5.47. The van der Waals surface area contributed by atoms with Gasteiger partial charge in [-0.25, -0.2) is 14.6 Å². The summed E-state index contributed by atoms with van der Waals surface area (Å²) in [6, 6.07) is 4.45. The SMILES string of the molecule is C=CCCCc1csc(N[C@H](C(=O)N2C[C@H](OC(=O)N3Cc4cccc(C=C)c4C3)C[C@H]2C(=O)OC)C(C)C)n1. The zero-order chi connectivity index (χ0) is 28.8. The Hall–Kier alpha value is -3.66. The van der Waals surface area contributed by atoms with Gasteiger partial charge in [-0.15, -0.1) is 17.9 Å². The highest BCUT2D eigenvalue weighted by molar-refractivity contribution is 7.13. The van der Waals surface area contributed by atoms with Crippen molar-refractivity contribution in [2.75, 3.05) is 19.0 Å². The van der Waals surface area contributed by atoms with E-state index in [0.29, 0.717) is 18.2 Å². The predicted molar refractivity (Wildman–Crippen MR) is 156 cm³/mol. The first-order chi connectivity index (χ1) is 19.2. The van der Waals surface area contributed by atoms with E-state index >= 15 is 0 Å². The Balaban J connectivity index is 1.43. The summed E-state index contributed by atoms with van der Waals surface area (Å²) in [7, 11) is 1.30. The van der Waals surface area contributed by atoms with Crippen LogP contribution in [0.15, 0.2) is 42.8 Å². The number of hydrogen-bond donors (Lipinski definition) is 1. The number of amides is 2. The standard InChI is InChI=1S/C30H38N4O5S/c1-6-8-9-13-22-18-40-29(31-22)32-26(19(3)4)27(35)34-16-23(14-25(34)28(36)38-5)39-30(37)33-15-21-12-10-11-20(7-2)24(21)17-33/h6-7,10-12,18-19,23,25-26H,1-2,8-9,13-17H2,3-5H3,(H,31,32)/t23-,25+,26+/m1/s1. The van der Waals surface area contributed by atoms with E-state index in [0.717, 1.165) is 41.6 Å². The summed E-state index contributed by atoms with van der Waals surface area (Å²) in [6.45, 7) is 12.5. The molecule has 0 unspecified atom stereocenters. The number of nitrogens with zero attached hydrogens (tertiary/aromatic N) is 3. The van der Waals surface area contributed by atoms with Gasteiger partial charge in [0.15, 0.2) is 5.13 Å². The lowest BCUT2D eigenvalue weighted by atomic mass is 10.0. The zero-order valence-corrected chi connectivity index (χ0v) is 24.2. The average molecular weight is 567 g/mol. The Bertz CT molecular complexity index is 1260. The van der Waals surface area contributed by atoms with E-state index in [4.69, 9.17) is 9.47 Å². The number of esters is 1. The Morgan fingerprint density at radius 3 is 2.75 bits per heavy atom. The van der Waals surface area contributed by atoms with Crippen LogP contribution in [0, 0.1) is 5.92 Å². The maximum absolute atomic E-state index is 13.8. The van der Waals surface area contributed by atoms with E-state index in [9.17, 15) is 14.4 Å². The van der Waals surface area contributed by atoms with Crippen molar-refractivity contribution in [3.8, 4) is 0 Å². The lowest BCUT2D eigenvalue weighted by Gasteiger charge is -2.29. The number of anilines is 1. The Labute approximate surface area is 239 Å². The third-order valence-corrected chi connectivity index (χ3v) is 8.21. The maximum atomic E-state index is 13.8. The molecule has 3 heterocycles. The van der Waals surface area contributed by atoms with Crippen LogP contribution in [0.2, 0.25) is 0 Å². The Kier molecular flexibility index (Phi) is 9.63. The van der Waals surface area contributed by atoms with Crippen LogP contribution < -0.4 is 5.32 Å². The maximum Gasteiger partial charge on any atom is 0.410 e. The number of ether oxygens (including phenoxy) is 2. The van der Waals surface area contributed by atoms with Gasteiger partial charge >= 0.3 is 12.1 Å². The largest absolute Gasteiger partial charge is 0.467 e. The number of unbranched alkanes of at least 4 members (excludes halogenated alkanes) is 1.